The van der Waals surface area contributed by atoms with E-state index < -0.39 is 18.6 Å². The van der Waals surface area contributed by atoms with Crippen molar-refractivity contribution in [3.63, 3.8) is 0 Å². The van der Waals surface area contributed by atoms with Gasteiger partial charge in [0, 0.05) is 17.1 Å². The van der Waals surface area contributed by atoms with E-state index in [1.54, 1.807) is 13.0 Å². The highest BCUT2D eigenvalue weighted by Crippen LogP contribution is 2.27. The molecule has 0 radical (unpaired) electrons. The van der Waals surface area contributed by atoms with Gasteiger partial charge in [-0.25, -0.2) is 0 Å². The van der Waals surface area contributed by atoms with Gasteiger partial charge in [-0.1, -0.05) is 11.6 Å². The second-order valence-electron chi connectivity index (χ2n) is 5.55. The molecule has 2 aromatic heterocycles. The molecule has 1 amide bonds. The molecule has 3 aromatic rings. The van der Waals surface area contributed by atoms with Gasteiger partial charge in [0.15, 0.2) is 5.76 Å². The van der Waals surface area contributed by atoms with Crippen LogP contribution in [-0.4, -0.2) is 21.9 Å². The molecule has 0 spiro atoms. The Kier molecular flexibility index (Phi) is 3.82. The summed E-state index contributed by atoms with van der Waals surface area (Å²) in [5.74, 6) is -0.410. The summed E-state index contributed by atoms with van der Waals surface area (Å²) in [4.78, 5) is 12.3. The Balaban J connectivity index is 1.82. The molecule has 0 aliphatic carbocycles. The number of furan rings is 1. The van der Waals surface area contributed by atoms with E-state index >= 15 is 0 Å². The van der Waals surface area contributed by atoms with Crippen LogP contribution in [0.5, 0.6) is 0 Å². The molecule has 0 fully saturated rings. The van der Waals surface area contributed by atoms with Gasteiger partial charge in [0.25, 0.3) is 5.91 Å². The summed E-state index contributed by atoms with van der Waals surface area (Å²) in [6.07, 6.45) is -2.10. The van der Waals surface area contributed by atoms with Crippen LogP contribution in [0.3, 0.4) is 0 Å². The zero-order valence-corrected chi connectivity index (χ0v) is 12.9. The van der Waals surface area contributed by atoms with E-state index in [0.29, 0.717) is 15.8 Å². The molecule has 1 N–H and O–H groups in total. The number of nitrogens with one attached hydrogen (secondary N) is 1. The highest BCUT2D eigenvalue weighted by Gasteiger charge is 2.28. The van der Waals surface area contributed by atoms with E-state index in [1.165, 1.54) is 0 Å². The van der Waals surface area contributed by atoms with Crippen molar-refractivity contribution in [3.8, 4) is 0 Å². The lowest BCUT2D eigenvalue weighted by Gasteiger charge is -2.05. The minimum Gasteiger partial charge on any atom is -0.451 e. The quantitative estimate of drug-likeness (QED) is 0.784. The number of aryl methyl sites for hydroxylation is 2. The Morgan fingerprint density at radius 1 is 1.33 bits per heavy atom. The maximum Gasteiger partial charge on any atom is 0.408 e. The van der Waals surface area contributed by atoms with Crippen LogP contribution in [0.1, 0.15) is 21.7 Å². The molecule has 8 heteroatoms. The zero-order valence-electron chi connectivity index (χ0n) is 12.9. The summed E-state index contributed by atoms with van der Waals surface area (Å²) in [6.45, 7) is 2.47. The number of alkyl halides is 3. The molecular weight excluding hydrogens is 323 g/mol. The number of anilines is 1. The average Bonchev–Trinajstić information content (AvgIpc) is 3.02. The molecule has 0 atom stereocenters. The molecule has 5 nitrogen and oxygen atoms in total. The first kappa shape index (κ1) is 16.1. The number of carbonyl (C=O) groups excluding carboxylic acids is 1. The van der Waals surface area contributed by atoms with Gasteiger partial charge in [-0.3, -0.25) is 9.48 Å². The predicted octanol–water partition coefficient (Wildman–Crippen LogP) is 4.06. The van der Waals surface area contributed by atoms with Crippen LogP contribution in [0, 0.1) is 13.8 Å². The lowest BCUT2D eigenvalue weighted by molar-refractivity contribution is -0.142. The van der Waals surface area contributed by atoms with Crippen molar-refractivity contribution in [2.75, 3.05) is 5.32 Å². The summed E-state index contributed by atoms with van der Waals surface area (Å²) in [5, 5.41) is 6.90. The summed E-state index contributed by atoms with van der Waals surface area (Å²) in [5.41, 5.74) is 2.46. The first-order valence-corrected chi connectivity index (χ1v) is 7.13. The molecule has 0 saturated heterocycles. The second kappa shape index (κ2) is 5.70. The summed E-state index contributed by atoms with van der Waals surface area (Å²) in [6, 6.07) is 5.55. The molecule has 3 rings (SSSR count). The number of benzene rings is 1. The lowest BCUT2D eigenvalue weighted by atomic mass is 10.1. The number of halogens is 3. The van der Waals surface area contributed by atoms with Gasteiger partial charge in [0.1, 0.15) is 12.1 Å². The fourth-order valence-electron chi connectivity index (χ4n) is 2.44. The number of nitrogens with zero attached hydrogens (tertiary/aromatic N) is 2. The third-order valence-corrected chi connectivity index (χ3v) is 3.53. The molecule has 126 valence electrons. The van der Waals surface area contributed by atoms with Gasteiger partial charge in [0.2, 0.25) is 0 Å². The maximum atomic E-state index is 12.3. The van der Waals surface area contributed by atoms with E-state index in [0.717, 1.165) is 23.3 Å². The van der Waals surface area contributed by atoms with E-state index in [-0.39, 0.29) is 11.4 Å². The third kappa shape index (κ3) is 3.27. The molecule has 1 aromatic carbocycles. The van der Waals surface area contributed by atoms with Crippen LogP contribution in [0.15, 0.2) is 35.0 Å². The van der Waals surface area contributed by atoms with Crippen molar-refractivity contribution in [1.29, 1.82) is 0 Å². The van der Waals surface area contributed by atoms with Gasteiger partial charge in [-0.2, -0.15) is 18.3 Å². The highest BCUT2D eigenvalue weighted by atomic mass is 19.4. The van der Waals surface area contributed by atoms with Gasteiger partial charge >= 0.3 is 6.18 Å². The first-order valence-electron chi connectivity index (χ1n) is 7.13. The second-order valence-corrected chi connectivity index (χ2v) is 5.55. The van der Waals surface area contributed by atoms with Crippen LogP contribution < -0.4 is 5.32 Å². The monoisotopic (exact) mass is 337 g/mol. The maximum absolute atomic E-state index is 12.3. The number of carbonyl (C=O) groups is 1. The normalized spacial score (nSPS) is 11.9. The smallest absolute Gasteiger partial charge is 0.408 e. The van der Waals surface area contributed by atoms with Gasteiger partial charge < -0.3 is 9.73 Å². The summed E-state index contributed by atoms with van der Waals surface area (Å²) < 4.78 is 43.2. The van der Waals surface area contributed by atoms with E-state index in [2.05, 4.69) is 10.4 Å². The number of rotatable bonds is 3. The lowest BCUT2D eigenvalue weighted by Crippen LogP contribution is -2.18. The van der Waals surface area contributed by atoms with Crippen molar-refractivity contribution in [2.24, 2.45) is 0 Å². The predicted molar refractivity (Wildman–Crippen MR) is 81.9 cm³/mol. The van der Waals surface area contributed by atoms with Crippen molar-refractivity contribution in [3.05, 3.63) is 47.5 Å². The number of hydrogen-bond acceptors (Lipinski definition) is 3. The molecule has 24 heavy (non-hydrogen) atoms. The molecule has 0 unspecified atom stereocenters. The van der Waals surface area contributed by atoms with Gasteiger partial charge in [-0.05, 0) is 26.0 Å². The molecule has 0 aliphatic rings. The number of hydrogen-bond donors (Lipinski definition) is 1. The summed E-state index contributed by atoms with van der Waals surface area (Å²) >= 11 is 0. The van der Waals surface area contributed by atoms with E-state index in [4.69, 9.17) is 4.42 Å². The van der Waals surface area contributed by atoms with Gasteiger partial charge in [0.05, 0.1) is 11.9 Å². The molecular formula is C16H14F3N3O2. The zero-order chi connectivity index (χ0) is 17.5. The van der Waals surface area contributed by atoms with Crippen molar-refractivity contribution >= 4 is 22.6 Å². The van der Waals surface area contributed by atoms with Crippen LogP contribution in [-0.2, 0) is 6.54 Å². The Morgan fingerprint density at radius 3 is 2.79 bits per heavy atom. The number of aromatic nitrogens is 2. The van der Waals surface area contributed by atoms with Crippen LogP contribution >= 0.6 is 0 Å². The standard InChI is InChI=1S/C16H14F3N3O2/c1-9-3-4-13-12(5-9)10(2)14(24-13)15(23)21-11-6-20-22(7-11)8-16(17,18)19/h3-7H,8H2,1-2H3,(H,21,23). The Bertz CT molecular complexity index is 909. The largest absolute Gasteiger partial charge is 0.451 e. The Morgan fingerprint density at radius 2 is 2.08 bits per heavy atom. The van der Waals surface area contributed by atoms with E-state index in [9.17, 15) is 18.0 Å². The topological polar surface area (TPSA) is 60.1 Å². The van der Waals surface area contributed by atoms with Crippen molar-refractivity contribution in [2.45, 2.75) is 26.6 Å². The SMILES string of the molecule is Cc1ccc2oc(C(=O)Nc3cnn(CC(F)(F)F)c3)c(C)c2c1. The fourth-order valence-corrected chi connectivity index (χ4v) is 2.44. The molecule has 0 aliphatic heterocycles. The Hall–Kier alpha value is -2.77. The molecule has 0 saturated carbocycles. The van der Waals surface area contributed by atoms with Crippen molar-refractivity contribution in [1.82, 2.24) is 9.78 Å². The Labute approximate surface area is 135 Å². The number of amides is 1. The van der Waals surface area contributed by atoms with Gasteiger partial charge in [-0.15, -0.1) is 0 Å². The molecule has 2 heterocycles. The van der Waals surface area contributed by atoms with Crippen molar-refractivity contribution < 1.29 is 22.4 Å². The first-order chi connectivity index (χ1) is 11.2. The average molecular weight is 337 g/mol. The highest BCUT2D eigenvalue weighted by molar-refractivity contribution is 6.06. The summed E-state index contributed by atoms with van der Waals surface area (Å²) in [7, 11) is 0. The minimum atomic E-state index is -4.37. The van der Waals surface area contributed by atoms with E-state index in [1.807, 2.05) is 19.1 Å². The minimum absolute atomic E-state index is 0.124. The third-order valence-electron chi connectivity index (χ3n) is 3.53. The number of fused-ring (bicyclic) bond motifs is 1. The fraction of sp³-hybridized carbons (Fsp3) is 0.250. The van der Waals surface area contributed by atoms with Crippen LogP contribution in [0.2, 0.25) is 0 Å². The van der Waals surface area contributed by atoms with Crippen LogP contribution in [0.4, 0.5) is 18.9 Å². The van der Waals surface area contributed by atoms with Crippen LogP contribution in [0.25, 0.3) is 11.0 Å². The molecule has 0 bridgehead atoms.